The molecule has 8 nitrogen and oxygen atoms in total. The van der Waals surface area contributed by atoms with Gasteiger partial charge in [0.2, 0.25) is 17.7 Å². The molecule has 8 heteroatoms. The van der Waals surface area contributed by atoms with Crippen LogP contribution in [0.25, 0.3) is 0 Å². The van der Waals surface area contributed by atoms with Gasteiger partial charge < -0.3 is 9.63 Å². The predicted octanol–water partition coefficient (Wildman–Crippen LogP) is -0.264. The van der Waals surface area contributed by atoms with Crippen LogP contribution in [0.3, 0.4) is 0 Å². The van der Waals surface area contributed by atoms with Crippen molar-refractivity contribution in [3.63, 3.8) is 0 Å². The number of carboxylic acids is 1. The summed E-state index contributed by atoms with van der Waals surface area (Å²) in [6, 6.07) is 0. The lowest BCUT2D eigenvalue weighted by Gasteiger charge is -2.09. The molecular weight excluding hydrogens is 242 g/mol. The topological polar surface area (TPSA) is 114 Å². The number of amides is 2. The second-order valence-corrected chi connectivity index (χ2v) is 3.87. The standard InChI is InChI=1S/C10H11N3O5/c14-8-2-3-9(15)13(8)5-6-11-7(18-12-6)1-4-10(16)17/h1-5H2,(H,16,17). The Morgan fingerprint density at radius 2 is 2.00 bits per heavy atom. The molecule has 1 saturated heterocycles. The van der Waals surface area contributed by atoms with E-state index in [9.17, 15) is 14.4 Å². The van der Waals surface area contributed by atoms with Gasteiger partial charge in [-0.05, 0) is 0 Å². The molecule has 0 spiro atoms. The van der Waals surface area contributed by atoms with Crippen LogP contribution in [0.5, 0.6) is 0 Å². The lowest BCUT2D eigenvalue weighted by atomic mass is 10.3. The number of imide groups is 1. The van der Waals surface area contributed by atoms with Crippen LogP contribution < -0.4 is 0 Å². The second kappa shape index (κ2) is 4.94. The largest absolute Gasteiger partial charge is 0.481 e. The first-order chi connectivity index (χ1) is 8.56. The summed E-state index contributed by atoms with van der Waals surface area (Å²) in [5.41, 5.74) is 0. The van der Waals surface area contributed by atoms with Crippen LogP contribution in [0, 0.1) is 0 Å². The maximum Gasteiger partial charge on any atom is 0.303 e. The molecule has 1 aliphatic heterocycles. The van der Waals surface area contributed by atoms with Crippen LogP contribution >= 0.6 is 0 Å². The van der Waals surface area contributed by atoms with Crippen LogP contribution in [0.4, 0.5) is 0 Å². The van der Waals surface area contributed by atoms with Gasteiger partial charge in [-0.15, -0.1) is 0 Å². The maximum absolute atomic E-state index is 11.4. The molecule has 1 N–H and O–H groups in total. The minimum Gasteiger partial charge on any atom is -0.481 e. The maximum atomic E-state index is 11.4. The molecule has 0 radical (unpaired) electrons. The first kappa shape index (κ1) is 12.2. The smallest absolute Gasteiger partial charge is 0.303 e. The Morgan fingerprint density at radius 1 is 1.33 bits per heavy atom. The highest BCUT2D eigenvalue weighted by molar-refractivity contribution is 6.01. The first-order valence-electron chi connectivity index (χ1n) is 5.42. The van der Waals surface area contributed by atoms with Gasteiger partial charge in [0.25, 0.3) is 0 Å². The normalized spacial score (nSPS) is 15.4. The number of hydrogen-bond acceptors (Lipinski definition) is 6. The Hall–Kier alpha value is -2.25. The van der Waals surface area contributed by atoms with Crippen molar-refractivity contribution in [1.29, 1.82) is 0 Å². The number of rotatable bonds is 5. The van der Waals surface area contributed by atoms with Crippen LogP contribution in [-0.2, 0) is 27.3 Å². The molecule has 1 aromatic heterocycles. The molecule has 0 saturated carbocycles. The number of carboxylic acid groups (broad SMARTS) is 1. The van der Waals surface area contributed by atoms with E-state index in [1.165, 1.54) is 0 Å². The molecule has 0 aromatic carbocycles. The molecule has 0 bridgehead atoms. The molecule has 1 aliphatic rings. The highest BCUT2D eigenvalue weighted by Gasteiger charge is 2.30. The molecule has 0 atom stereocenters. The fraction of sp³-hybridized carbons (Fsp3) is 0.500. The summed E-state index contributed by atoms with van der Waals surface area (Å²) in [6.45, 7) is -0.0196. The van der Waals surface area contributed by atoms with E-state index in [-0.39, 0.29) is 55.8 Å². The van der Waals surface area contributed by atoms with E-state index < -0.39 is 5.97 Å². The minimum atomic E-state index is -0.959. The molecule has 2 rings (SSSR count). The number of carbonyl (C=O) groups excluding carboxylic acids is 2. The van der Waals surface area contributed by atoms with E-state index >= 15 is 0 Å². The molecule has 2 heterocycles. The number of carbonyl (C=O) groups is 3. The zero-order chi connectivity index (χ0) is 13.1. The molecule has 1 aromatic rings. The second-order valence-electron chi connectivity index (χ2n) is 3.87. The Balaban J connectivity index is 1.96. The lowest BCUT2D eigenvalue weighted by Crippen LogP contribution is -2.28. The number of hydrogen-bond donors (Lipinski definition) is 1. The molecule has 0 aliphatic carbocycles. The fourth-order valence-corrected chi connectivity index (χ4v) is 1.61. The molecular formula is C10H11N3O5. The number of aryl methyl sites for hydroxylation is 1. The Morgan fingerprint density at radius 3 is 2.61 bits per heavy atom. The van der Waals surface area contributed by atoms with Gasteiger partial charge in [-0.2, -0.15) is 4.98 Å². The van der Waals surface area contributed by atoms with Crippen molar-refractivity contribution in [2.24, 2.45) is 0 Å². The molecule has 2 amide bonds. The Bertz CT molecular complexity index is 479. The van der Waals surface area contributed by atoms with Crippen LogP contribution in [0.15, 0.2) is 4.52 Å². The summed E-state index contributed by atoms with van der Waals surface area (Å²) in [5, 5.41) is 12.1. The van der Waals surface area contributed by atoms with E-state index in [1.54, 1.807) is 0 Å². The van der Waals surface area contributed by atoms with Gasteiger partial charge in [0.15, 0.2) is 5.82 Å². The fourth-order valence-electron chi connectivity index (χ4n) is 1.61. The van der Waals surface area contributed by atoms with Crippen LogP contribution in [-0.4, -0.2) is 37.9 Å². The third-order valence-electron chi connectivity index (χ3n) is 2.52. The zero-order valence-corrected chi connectivity index (χ0v) is 9.46. The predicted molar refractivity (Wildman–Crippen MR) is 55.0 cm³/mol. The lowest BCUT2D eigenvalue weighted by molar-refractivity contribution is -0.139. The van der Waals surface area contributed by atoms with E-state index in [2.05, 4.69) is 10.1 Å². The van der Waals surface area contributed by atoms with Gasteiger partial charge in [-0.3, -0.25) is 19.3 Å². The third kappa shape index (κ3) is 2.70. The van der Waals surface area contributed by atoms with E-state index in [1.807, 2.05) is 0 Å². The van der Waals surface area contributed by atoms with Gasteiger partial charge in [0, 0.05) is 19.3 Å². The van der Waals surface area contributed by atoms with Crippen molar-refractivity contribution < 1.29 is 24.0 Å². The van der Waals surface area contributed by atoms with Crippen molar-refractivity contribution in [2.75, 3.05) is 0 Å². The molecule has 1 fully saturated rings. The highest BCUT2D eigenvalue weighted by atomic mass is 16.5. The van der Waals surface area contributed by atoms with Gasteiger partial charge in [0.05, 0.1) is 13.0 Å². The summed E-state index contributed by atoms with van der Waals surface area (Å²) in [7, 11) is 0. The van der Waals surface area contributed by atoms with Gasteiger partial charge in [0.1, 0.15) is 0 Å². The van der Waals surface area contributed by atoms with E-state index in [0.717, 1.165) is 4.90 Å². The van der Waals surface area contributed by atoms with Crippen LogP contribution in [0.1, 0.15) is 31.0 Å². The van der Waals surface area contributed by atoms with Gasteiger partial charge in [-0.25, -0.2) is 0 Å². The van der Waals surface area contributed by atoms with Crippen molar-refractivity contribution in [3.8, 4) is 0 Å². The van der Waals surface area contributed by atoms with Gasteiger partial charge >= 0.3 is 5.97 Å². The Labute approximate surface area is 102 Å². The Kier molecular flexibility index (Phi) is 3.35. The van der Waals surface area contributed by atoms with Gasteiger partial charge in [-0.1, -0.05) is 5.16 Å². The van der Waals surface area contributed by atoms with Crippen molar-refractivity contribution in [1.82, 2.24) is 15.0 Å². The summed E-state index contributed by atoms with van der Waals surface area (Å²) < 4.78 is 4.82. The number of aliphatic carboxylic acids is 1. The summed E-state index contributed by atoms with van der Waals surface area (Å²) in [5.74, 6) is -1.07. The summed E-state index contributed by atoms with van der Waals surface area (Å²) >= 11 is 0. The van der Waals surface area contributed by atoms with E-state index in [0.29, 0.717) is 0 Å². The zero-order valence-electron chi connectivity index (χ0n) is 9.46. The van der Waals surface area contributed by atoms with Crippen molar-refractivity contribution >= 4 is 17.8 Å². The number of nitrogens with zero attached hydrogens (tertiary/aromatic N) is 3. The SMILES string of the molecule is O=C(O)CCc1nc(CN2C(=O)CCC2=O)no1. The molecule has 18 heavy (non-hydrogen) atoms. The quantitative estimate of drug-likeness (QED) is 0.718. The summed E-state index contributed by atoms with van der Waals surface area (Å²) in [6.07, 6.45) is 0.443. The third-order valence-corrected chi connectivity index (χ3v) is 2.52. The van der Waals surface area contributed by atoms with E-state index in [4.69, 9.17) is 9.63 Å². The average Bonchev–Trinajstić information content (AvgIpc) is 2.88. The monoisotopic (exact) mass is 253 g/mol. The molecule has 0 unspecified atom stereocenters. The van der Waals surface area contributed by atoms with Crippen LogP contribution in [0.2, 0.25) is 0 Å². The average molecular weight is 253 g/mol. The highest BCUT2D eigenvalue weighted by Crippen LogP contribution is 2.14. The number of aromatic nitrogens is 2. The van der Waals surface area contributed by atoms with Crippen molar-refractivity contribution in [3.05, 3.63) is 11.7 Å². The number of likely N-dealkylation sites (tertiary alicyclic amines) is 1. The van der Waals surface area contributed by atoms with Crippen molar-refractivity contribution in [2.45, 2.75) is 32.2 Å². The first-order valence-corrected chi connectivity index (χ1v) is 5.42. The summed E-state index contributed by atoms with van der Waals surface area (Å²) in [4.78, 5) is 38.1. The molecule has 96 valence electrons. The minimum absolute atomic E-state index is 0.0196.